The van der Waals surface area contributed by atoms with Gasteiger partial charge in [-0.1, -0.05) is 19.9 Å². The van der Waals surface area contributed by atoms with Gasteiger partial charge in [-0.2, -0.15) is 0 Å². The van der Waals surface area contributed by atoms with Crippen LogP contribution in [-0.4, -0.2) is 43.7 Å². The third-order valence-electron chi connectivity index (χ3n) is 5.20. The SMILES string of the molecule is Cc1cc(OCC(=O)N2CC[C@@]3(CCOC3)C2)ccc1C(C)C. The maximum absolute atomic E-state index is 12.4. The monoisotopic (exact) mass is 317 g/mol. The number of carbonyl (C=O) groups excluding carboxylic acids is 1. The van der Waals surface area contributed by atoms with Gasteiger partial charge in [0.25, 0.3) is 5.91 Å². The highest BCUT2D eigenvalue weighted by Crippen LogP contribution is 2.38. The third kappa shape index (κ3) is 3.52. The van der Waals surface area contributed by atoms with Crippen molar-refractivity contribution in [1.29, 1.82) is 0 Å². The molecule has 0 aromatic heterocycles. The number of benzene rings is 1. The Balaban J connectivity index is 1.54. The summed E-state index contributed by atoms with van der Waals surface area (Å²) in [6, 6.07) is 6.09. The molecule has 23 heavy (non-hydrogen) atoms. The van der Waals surface area contributed by atoms with Gasteiger partial charge >= 0.3 is 0 Å². The summed E-state index contributed by atoms with van der Waals surface area (Å²) in [5.74, 6) is 1.36. The lowest BCUT2D eigenvalue weighted by atomic mass is 9.87. The molecule has 2 heterocycles. The lowest BCUT2D eigenvalue weighted by Crippen LogP contribution is -2.35. The maximum atomic E-state index is 12.4. The minimum Gasteiger partial charge on any atom is -0.484 e. The van der Waals surface area contributed by atoms with Crippen LogP contribution >= 0.6 is 0 Å². The smallest absolute Gasteiger partial charge is 0.260 e. The molecule has 1 aromatic rings. The van der Waals surface area contributed by atoms with Crippen molar-refractivity contribution in [1.82, 2.24) is 4.90 Å². The van der Waals surface area contributed by atoms with E-state index >= 15 is 0 Å². The minimum absolute atomic E-state index is 0.0827. The molecule has 1 aromatic carbocycles. The van der Waals surface area contributed by atoms with Gasteiger partial charge in [0.15, 0.2) is 6.61 Å². The van der Waals surface area contributed by atoms with Crippen LogP contribution < -0.4 is 4.74 Å². The maximum Gasteiger partial charge on any atom is 0.260 e. The molecule has 0 saturated carbocycles. The van der Waals surface area contributed by atoms with Gasteiger partial charge in [-0.3, -0.25) is 4.79 Å². The Morgan fingerprint density at radius 1 is 1.39 bits per heavy atom. The number of ether oxygens (including phenoxy) is 2. The van der Waals surface area contributed by atoms with Crippen molar-refractivity contribution in [2.45, 2.75) is 39.5 Å². The molecule has 126 valence electrons. The van der Waals surface area contributed by atoms with Crippen LogP contribution in [0.5, 0.6) is 5.75 Å². The van der Waals surface area contributed by atoms with Crippen molar-refractivity contribution >= 4 is 5.91 Å². The second kappa shape index (κ2) is 6.52. The summed E-state index contributed by atoms with van der Waals surface area (Å²) in [5.41, 5.74) is 2.75. The Morgan fingerprint density at radius 3 is 2.87 bits per heavy atom. The van der Waals surface area contributed by atoms with Crippen molar-refractivity contribution in [2.24, 2.45) is 5.41 Å². The molecule has 2 aliphatic heterocycles. The van der Waals surface area contributed by atoms with Gasteiger partial charge < -0.3 is 14.4 Å². The summed E-state index contributed by atoms with van der Waals surface area (Å²) < 4.78 is 11.2. The molecule has 0 bridgehead atoms. The molecule has 0 radical (unpaired) electrons. The molecule has 0 N–H and O–H groups in total. The van der Waals surface area contributed by atoms with Gasteiger partial charge in [0.1, 0.15) is 5.75 Å². The largest absolute Gasteiger partial charge is 0.484 e. The van der Waals surface area contributed by atoms with Gasteiger partial charge in [-0.05, 0) is 48.9 Å². The number of amides is 1. The number of rotatable bonds is 4. The Labute approximate surface area is 138 Å². The number of hydrogen-bond donors (Lipinski definition) is 0. The number of nitrogens with zero attached hydrogens (tertiary/aromatic N) is 1. The molecule has 0 unspecified atom stereocenters. The van der Waals surface area contributed by atoms with Gasteiger partial charge in [0.2, 0.25) is 0 Å². The fraction of sp³-hybridized carbons (Fsp3) is 0.632. The average Bonchev–Trinajstić information content (AvgIpc) is 3.15. The van der Waals surface area contributed by atoms with Crippen LogP contribution in [0, 0.1) is 12.3 Å². The Hall–Kier alpha value is -1.55. The Kier molecular flexibility index (Phi) is 4.62. The first-order valence-corrected chi connectivity index (χ1v) is 8.58. The van der Waals surface area contributed by atoms with E-state index in [0.29, 0.717) is 5.92 Å². The second-order valence-corrected chi connectivity index (χ2v) is 7.33. The topological polar surface area (TPSA) is 38.8 Å². The summed E-state index contributed by atoms with van der Waals surface area (Å²) >= 11 is 0. The first-order valence-electron chi connectivity index (χ1n) is 8.58. The highest BCUT2D eigenvalue weighted by Gasteiger charge is 2.42. The van der Waals surface area contributed by atoms with E-state index in [9.17, 15) is 4.79 Å². The van der Waals surface area contributed by atoms with Crippen LogP contribution in [0.15, 0.2) is 18.2 Å². The van der Waals surface area contributed by atoms with Crippen LogP contribution in [0.4, 0.5) is 0 Å². The molecular weight excluding hydrogens is 290 g/mol. The van der Waals surface area contributed by atoms with E-state index in [1.165, 1.54) is 11.1 Å². The first kappa shape index (κ1) is 16.3. The van der Waals surface area contributed by atoms with Crippen molar-refractivity contribution in [3.8, 4) is 5.75 Å². The van der Waals surface area contributed by atoms with E-state index in [1.807, 2.05) is 17.0 Å². The lowest BCUT2D eigenvalue weighted by molar-refractivity contribution is -0.132. The van der Waals surface area contributed by atoms with Gasteiger partial charge in [-0.25, -0.2) is 0 Å². The van der Waals surface area contributed by atoms with Crippen LogP contribution in [0.3, 0.4) is 0 Å². The average molecular weight is 317 g/mol. The summed E-state index contributed by atoms with van der Waals surface area (Å²) in [6.45, 7) is 9.86. The van der Waals surface area contributed by atoms with Crippen molar-refractivity contribution in [3.63, 3.8) is 0 Å². The molecule has 2 aliphatic rings. The summed E-state index contributed by atoms with van der Waals surface area (Å²) in [7, 11) is 0. The molecule has 4 nitrogen and oxygen atoms in total. The zero-order valence-electron chi connectivity index (χ0n) is 14.4. The summed E-state index contributed by atoms with van der Waals surface area (Å²) in [5, 5.41) is 0. The second-order valence-electron chi connectivity index (χ2n) is 7.33. The predicted molar refractivity (Wildman–Crippen MR) is 89.8 cm³/mol. The molecule has 2 fully saturated rings. The molecule has 1 spiro atoms. The molecule has 3 rings (SSSR count). The zero-order valence-corrected chi connectivity index (χ0v) is 14.4. The number of aryl methyl sites for hydroxylation is 1. The highest BCUT2D eigenvalue weighted by atomic mass is 16.5. The van der Waals surface area contributed by atoms with Crippen LogP contribution in [0.2, 0.25) is 0 Å². The van der Waals surface area contributed by atoms with Crippen molar-refractivity contribution in [2.75, 3.05) is 32.9 Å². The van der Waals surface area contributed by atoms with E-state index in [-0.39, 0.29) is 17.9 Å². The van der Waals surface area contributed by atoms with E-state index in [4.69, 9.17) is 9.47 Å². The zero-order chi connectivity index (χ0) is 16.4. The molecule has 1 atom stereocenters. The number of hydrogen-bond acceptors (Lipinski definition) is 3. The van der Waals surface area contributed by atoms with Gasteiger partial charge in [-0.15, -0.1) is 0 Å². The van der Waals surface area contributed by atoms with Gasteiger partial charge in [0.05, 0.1) is 6.61 Å². The van der Waals surface area contributed by atoms with Crippen LogP contribution in [0.25, 0.3) is 0 Å². The fourth-order valence-electron chi connectivity index (χ4n) is 3.74. The number of carbonyl (C=O) groups is 1. The van der Waals surface area contributed by atoms with Gasteiger partial charge in [0, 0.05) is 25.1 Å². The standard InChI is InChI=1S/C19H27NO3/c1-14(2)17-5-4-16(10-15(17)3)23-11-18(21)20-8-6-19(12-20)7-9-22-13-19/h4-5,10,14H,6-9,11-13H2,1-3H3/t19-/m1/s1. The molecule has 1 amide bonds. The molecule has 4 heteroatoms. The lowest BCUT2D eigenvalue weighted by Gasteiger charge is -2.22. The normalized spacial score (nSPS) is 23.9. The molecule has 0 aliphatic carbocycles. The minimum atomic E-state index is 0.0827. The predicted octanol–water partition coefficient (Wildman–Crippen LogP) is 3.14. The van der Waals surface area contributed by atoms with E-state index in [1.54, 1.807) is 0 Å². The van der Waals surface area contributed by atoms with Crippen LogP contribution in [0.1, 0.15) is 43.7 Å². The van der Waals surface area contributed by atoms with Crippen molar-refractivity contribution < 1.29 is 14.3 Å². The Bertz CT molecular complexity index is 576. The quantitative estimate of drug-likeness (QED) is 0.856. The Morgan fingerprint density at radius 2 is 2.22 bits per heavy atom. The third-order valence-corrected chi connectivity index (χ3v) is 5.20. The fourth-order valence-corrected chi connectivity index (χ4v) is 3.74. The molecule has 2 saturated heterocycles. The summed E-state index contributed by atoms with van der Waals surface area (Å²) in [6.07, 6.45) is 2.13. The van der Waals surface area contributed by atoms with E-state index in [2.05, 4.69) is 26.8 Å². The summed E-state index contributed by atoms with van der Waals surface area (Å²) in [4.78, 5) is 14.3. The molecular formula is C19H27NO3. The number of likely N-dealkylation sites (tertiary alicyclic amines) is 1. The van der Waals surface area contributed by atoms with Crippen LogP contribution in [-0.2, 0) is 9.53 Å². The van der Waals surface area contributed by atoms with E-state index in [0.717, 1.165) is 44.9 Å². The first-order chi connectivity index (χ1) is 11.0. The highest BCUT2D eigenvalue weighted by molar-refractivity contribution is 5.78. The van der Waals surface area contributed by atoms with Crippen molar-refractivity contribution in [3.05, 3.63) is 29.3 Å². The van der Waals surface area contributed by atoms with E-state index < -0.39 is 0 Å².